The Bertz CT molecular complexity index is 971. The fraction of sp³-hybridized carbons (Fsp3) is 0.650. The average molecular weight is 506 g/mol. The minimum atomic E-state index is -3.98. The van der Waals surface area contributed by atoms with E-state index >= 15 is 0 Å². The standard InChI is InChI=1S/C20H32ClN5O6S/c1-22-16-7-8-17(20-19(16)24-32-25-20)33(28,29)26(2)15-18(27)23-10-12-31-14-13-30-11-6-4-3-5-9-21/h7-8,22H,3-6,9-15H2,1-2H3,(H,23,27). The second-order valence-electron chi connectivity index (χ2n) is 7.26. The van der Waals surface area contributed by atoms with Crippen molar-refractivity contribution in [3.63, 3.8) is 0 Å². The normalized spacial score (nSPS) is 11.9. The van der Waals surface area contributed by atoms with Gasteiger partial charge in [0.1, 0.15) is 4.90 Å². The van der Waals surface area contributed by atoms with Gasteiger partial charge in [-0.3, -0.25) is 4.79 Å². The van der Waals surface area contributed by atoms with Crippen LogP contribution in [0.5, 0.6) is 0 Å². The van der Waals surface area contributed by atoms with Crippen LogP contribution in [0, 0.1) is 0 Å². The number of carbonyl (C=O) groups excluding carboxylic acids is 1. The summed E-state index contributed by atoms with van der Waals surface area (Å²) >= 11 is 5.63. The van der Waals surface area contributed by atoms with E-state index in [0.717, 1.165) is 30.0 Å². The smallest absolute Gasteiger partial charge is 0.245 e. The predicted octanol–water partition coefficient (Wildman–Crippen LogP) is 1.83. The van der Waals surface area contributed by atoms with Crippen molar-refractivity contribution >= 4 is 44.3 Å². The van der Waals surface area contributed by atoms with E-state index in [1.165, 1.54) is 13.1 Å². The van der Waals surface area contributed by atoms with E-state index in [9.17, 15) is 13.2 Å². The molecule has 0 unspecified atom stereocenters. The molecule has 0 bridgehead atoms. The van der Waals surface area contributed by atoms with Gasteiger partial charge in [-0.2, -0.15) is 4.31 Å². The van der Waals surface area contributed by atoms with Crippen LogP contribution >= 0.6 is 11.6 Å². The topological polar surface area (TPSA) is 136 Å². The number of unbranched alkanes of at least 4 members (excludes halogenated alkanes) is 3. The van der Waals surface area contributed by atoms with E-state index in [1.807, 2.05) is 0 Å². The maximum Gasteiger partial charge on any atom is 0.245 e. The number of halogens is 1. The lowest BCUT2D eigenvalue weighted by atomic mass is 10.2. The lowest BCUT2D eigenvalue weighted by Crippen LogP contribution is -2.39. The molecule has 13 heteroatoms. The van der Waals surface area contributed by atoms with Gasteiger partial charge in [0.15, 0.2) is 11.0 Å². The molecule has 0 spiro atoms. The maximum atomic E-state index is 12.9. The van der Waals surface area contributed by atoms with E-state index < -0.39 is 15.9 Å². The summed E-state index contributed by atoms with van der Waals surface area (Å²) in [5.41, 5.74) is 0.974. The zero-order valence-corrected chi connectivity index (χ0v) is 20.6. The largest absolute Gasteiger partial charge is 0.386 e. The third kappa shape index (κ3) is 8.38. The van der Waals surface area contributed by atoms with Crippen molar-refractivity contribution in [3.8, 4) is 0 Å². The molecule has 0 aliphatic heterocycles. The fourth-order valence-corrected chi connectivity index (χ4v) is 4.43. The summed E-state index contributed by atoms with van der Waals surface area (Å²) in [7, 11) is -0.983. The van der Waals surface area contributed by atoms with Gasteiger partial charge in [0.25, 0.3) is 0 Å². The molecule has 1 heterocycles. The highest BCUT2D eigenvalue weighted by Gasteiger charge is 2.27. The Morgan fingerprint density at radius 1 is 1.06 bits per heavy atom. The Hall–Kier alpha value is -1.99. The summed E-state index contributed by atoms with van der Waals surface area (Å²) in [4.78, 5) is 12.1. The number of alkyl halides is 1. The Labute approximate surface area is 199 Å². The summed E-state index contributed by atoms with van der Waals surface area (Å²) in [5, 5.41) is 13.0. The van der Waals surface area contributed by atoms with Gasteiger partial charge in [0.2, 0.25) is 15.9 Å². The first-order chi connectivity index (χ1) is 15.9. The van der Waals surface area contributed by atoms with Crippen molar-refractivity contribution in [2.45, 2.75) is 30.6 Å². The number of ether oxygens (including phenoxy) is 2. The molecule has 186 valence electrons. The second kappa shape index (κ2) is 14.3. The van der Waals surface area contributed by atoms with E-state index in [-0.39, 0.29) is 23.5 Å². The molecule has 2 rings (SSSR count). The molecule has 33 heavy (non-hydrogen) atoms. The molecule has 1 aromatic carbocycles. The van der Waals surface area contributed by atoms with Crippen molar-refractivity contribution in [1.29, 1.82) is 0 Å². The molecule has 0 aliphatic rings. The van der Waals surface area contributed by atoms with Crippen LogP contribution in [0.1, 0.15) is 25.7 Å². The number of hydrogen-bond acceptors (Lipinski definition) is 9. The van der Waals surface area contributed by atoms with Crippen molar-refractivity contribution in [1.82, 2.24) is 19.9 Å². The summed E-state index contributed by atoms with van der Waals surface area (Å²) in [6.07, 6.45) is 4.25. The Kier molecular flexibility index (Phi) is 11.8. The van der Waals surface area contributed by atoms with Crippen molar-refractivity contribution in [2.75, 3.05) is 64.8 Å². The SMILES string of the molecule is CNc1ccc(S(=O)(=O)N(C)CC(=O)NCCOCCOCCCCCCCl)c2nonc12. The predicted molar refractivity (Wildman–Crippen MR) is 125 cm³/mol. The number of nitrogens with zero attached hydrogens (tertiary/aromatic N) is 3. The summed E-state index contributed by atoms with van der Waals surface area (Å²) in [6.45, 7) is 1.82. The van der Waals surface area contributed by atoms with Crippen molar-refractivity contribution < 1.29 is 27.3 Å². The van der Waals surface area contributed by atoms with E-state index in [1.54, 1.807) is 13.1 Å². The highest BCUT2D eigenvalue weighted by Crippen LogP contribution is 2.28. The van der Waals surface area contributed by atoms with Gasteiger partial charge >= 0.3 is 0 Å². The van der Waals surface area contributed by atoms with Gasteiger partial charge in [-0.1, -0.05) is 12.8 Å². The number of nitrogens with one attached hydrogen (secondary N) is 2. The molecule has 0 radical (unpaired) electrons. The van der Waals surface area contributed by atoms with Gasteiger partial charge in [-0.25, -0.2) is 13.0 Å². The van der Waals surface area contributed by atoms with Gasteiger partial charge in [-0.15, -0.1) is 11.6 Å². The van der Waals surface area contributed by atoms with Crippen LogP contribution < -0.4 is 10.6 Å². The van der Waals surface area contributed by atoms with E-state index in [4.69, 9.17) is 25.7 Å². The van der Waals surface area contributed by atoms with Crippen LogP contribution in [0.15, 0.2) is 21.7 Å². The Morgan fingerprint density at radius 3 is 2.48 bits per heavy atom. The van der Waals surface area contributed by atoms with Crippen LogP contribution in [-0.4, -0.2) is 88.4 Å². The van der Waals surface area contributed by atoms with Gasteiger partial charge in [0, 0.05) is 33.1 Å². The molecule has 1 aromatic heterocycles. The van der Waals surface area contributed by atoms with E-state index in [0.29, 0.717) is 43.5 Å². The summed E-state index contributed by atoms with van der Waals surface area (Å²) in [6, 6.07) is 2.97. The van der Waals surface area contributed by atoms with Crippen LogP contribution in [-0.2, 0) is 24.3 Å². The molecule has 0 saturated carbocycles. The minimum Gasteiger partial charge on any atom is -0.386 e. The molecule has 0 saturated heterocycles. The minimum absolute atomic E-state index is 0.0876. The maximum absolute atomic E-state index is 12.9. The first-order valence-corrected chi connectivity index (χ1v) is 12.8. The van der Waals surface area contributed by atoms with Crippen LogP contribution in [0.2, 0.25) is 0 Å². The number of rotatable bonds is 17. The number of hydrogen-bond donors (Lipinski definition) is 2. The molecule has 0 aliphatic carbocycles. The highest BCUT2D eigenvalue weighted by atomic mass is 35.5. The number of fused-ring (bicyclic) bond motifs is 1. The van der Waals surface area contributed by atoms with Crippen LogP contribution in [0.3, 0.4) is 0 Å². The van der Waals surface area contributed by atoms with Gasteiger partial charge in [0.05, 0.1) is 32.1 Å². The van der Waals surface area contributed by atoms with Crippen LogP contribution in [0.4, 0.5) is 5.69 Å². The fourth-order valence-electron chi connectivity index (χ4n) is 3.00. The number of likely N-dealkylation sites (N-methyl/N-ethyl adjacent to an activating group) is 1. The highest BCUT2D eigenvalue weighted by molar-refractivity contribution is 7.89. The average Bonchev–Trinajstić information content (AvgIpc) is 3.29. The number of amides is 1. The zero-order valence-electron chi connectivity index (χ0n) is 19.0. The third-order valence-corrected chi connectivity index (χ3v) is 6.92. The molecule has 2 aromatic rings. The van der Waals surface area contributed by atoms with Gasteiger partial charge < -0.3 is 20.1 Å². The Morgan fingerprint density at radius 2 is 1.76 bits per heavy atom. The van der Waals surface area contributed by atoms with E-state index in [2.05, 4.69) is 20.9 Å². The number of benzene rings is 1. The molecular formula is C20H32ClN5O6S. The molecule has 11 nitrogen and oxygen atoms in total. The Balaban J connectivity index is 1.68. The lowest BCUT2D eigenvalue weighted by molar-refractivity contribution is -0.121. The van der Waals surface area contributed by atoms with Gasteiger partial charge in [-0.05, 0) is 35.3 Å². The number of carbonyl (C=O) groups is 1. The number of sulfonamides is 1. The lowest BCUT2D eigenvalue weighted by Gasteiger charge is -2.17. The first kappa shape index (κ1) is 27.3. The third-order valence-electron chi connectivity index (χ3n) is 4.82. The number of anilines is 1. The van der Waals surface area contributed by atoms with Crippen molar-refractivity contribution in [2.24, 2.45) is 0 Å². The molecule has 0 fully saturated rings. The number of aromatic nitrogens is 2. The zero-order chi connectivity index (χ0) is 24.1. The monoisotopic (exact) mass is 505 g/mol. The molecule has 1 amide bonds. The molecular weight excluding hydrogens is 474 g/mol. The molecule has 2 N–H and O–H groups in total. The second-order valence-corrected chi connectivity index (χ2v) is 9.65. The summed E-state index contributed by atoms with van der Waals surface area (Å²) in [5.74, 6) is 0.255. The molecule has 0 atom stereocenters. The quantitative estimate of drug-likeness (QED) is 0.243. The van der Waals surface area contributed by atoms with Crippen LogP contribution in [0.25, 0.3) is 11.0 Å². The van der Waals surface area contributed by atoms with Crippen molar-refractivity contribution in [3.05, 3.63) is 12.1 Å². The summed E-state index contributed by atoms with van der Waals surface area (Å²) < 4.78 is 42.4. The first-order valence-electron chi connectivity index (χ1n) is 10.8.